The summed E-state index contributed by atoms with van der Waals surface area (Å²) in [4.78, 5) is 17.5. The first-order valence-corrected chi connectivity index (χ1v) is 10.6. The number of hydrogen-bond acceptors (Lipinski definition) is 5. The molecule has 1 amide bonds. The van der Waals surface area contributed by atoms with E-state index >= 15 is 0 Å². The average molecular weight is 450 g/mol. The molecule has 164 valence electrons. The number of benzene rings is 1. The molecule has 0 aliphatic rings. The Morgan fingerprint density at radius 1 is 0.969 bits per heavy atom. The highest BCUT2D eigenvalue weighted by atomic mass is 35.5. The fourth-order valence-electron chi connectivity index (χ4n) is 3.37. The van der Waals surface area contributed by atoms with Gasteiger partial charge in [-0.1, -0.05) is 23.7 Å². The van der Waals surface area contributed by atoms with Crippen molar-refractivity contribution in [3.63, 3.8) is 0 Å². The summed E-state index contributed by atoms with van der Waals surface area (Å²) in [6, 6.07) is 10.8. The molecule has 3 heterocycles. The van der Waals surface area contributed by atoms with Gasteiger partial charge in [-0.05, 0) is 36.2 Å². The fraction of sp³-hybridized carbons (Fsp3) is 0.217. The molecule has 1 aromatic carbocycles. The van der Waals surface area contributed by atoms with Crippen molar-refractivity contribution in [2.24, 2.45) is 14.1 Å². The lowest BCUT2D eigenvalue weighted by Gasteiger charge is -2.17. The van der Waals surface area contributed by atoms with Gasteiger partial charge in [0.2, 0.25) is 5.91 Å². The van der Waals surface area contributed by atoms with Crippen LogP contribution in [0.2, 0.25) is 5.02 Å². The Morgan fingerprint density at radius 3 is 2.34 bits per heavy atom. The van der Waals surface area contributed by atoms with Crippen LogP contribution in [0.3, 0.4) is 0 Å². The highest BCUT2D eigenvalue weighted by Crippen LogP contribution is 2.20. The first-order chi connectivity index (χ1) is 15.5. The van der Waals surface area contributed by atoms with Crippen LogP contribution >= 0.6 is 11.6 Å². The highest BCUT2D eigenvalue weighted by Gasteiger charge is 2.22. The Labute approximate surface area is 191 Å². The summed E-state index contributed by atoms with van der Waals surface area (Å²) in [5.74, 6) is 0.284. The summed E-state index contributed by atoms with van der Waals surface area (Å²) >= 11 is 5.95. The zero-order valence-corrected chi connectivity index (χ0v) is 18.6. The molecule has 0 spiro atoms. The molecule has 0 saturated carbocycles. The van der Waals surface area contributed by atoms with E-state index in [-0.39, 0.29) is 5.91 Å². The number of halogens is 1. The van der Waals surface area contributed by atoms with Crippen molar-refractivity contribution in [1.29, 1.82) is 0 Å². The monoisotopic (exact) mass is 449 g/mol. The van der Waals surface area contributed by atoms with Crippen molar-refractivity contribution in [3.8, 4) is 11.1 Å². The molecule has 0 aliphatic carbocycles. The van der Waals surface area contributed by atoms with Gasteiger partial charge in [-0.3, -0.25) is 14.2 Å². The summed E-state index contributed by atoms with van der Waals surface area (Å²) in [6.07, 6.45) is 9.70. The van der Waals surface area contributed by atoms with Gasteiger partial charge in [-0.2, -0.15) is 10.2 Å². The van der Waals surface area contributed by atoms with E-state index < -0.39 is 6.04 Å². The maximum absolute atomic E-state index is 13.1. The molecule has 0 bridgehead atoms. The van der Waals surface area contributed by atoms with Crippen molar-refractivity contribution in [2.75, 3.05) is 11.9 Å². The van der Waals surface area contributed by atoms with E-state index in [1.165, 1.54) is 0 Å². The molecule has 2 N–H and O–H groups in total. The number of pyridine rings is 1. The van der Waals surface area contributed by atoms with E-state index in [9.17, 15) is 4.79 Å². The maximum Gasteiger partial charge on any atom is 0.247 e. The van der Waals surface area contributed by atoms with Crippen LogP contribution in [-0.2, 0) is 25.3 Å². The molecule has 8 nitrogen and oxygen atoms in total. The summed E-state index contributed by atoms with van der Waals surface area (Å²) < 4.78 is 3.41. The Morgan fingerprint density at radius 2 is 1.72 bits per heavy atom. The van der Waals surface area contributed by atoms with Crippen LogP contribution in [0, 0.1) is 0 Å². The van der Waals surface area contributed by atoms with Crippen LogP contribution in [0.15, 0.2) is 67.4 Å². The summed E-state index contributed by atoms with van der Waals surface area (Å²) in [7, 11) is 3.69. The van der Waals surface area contributed by atoms with E-state index in [1.54, 1.807) is 34.0 Å². The fourth-order valence-corrected chi connectivity index (χ4v) is 3.50. The van der Waals surface area contributed by atoms with Gasteiger partial charge in [0.1, 0.15) is 11.9 Å². The van der Waals surface area contributed by atoms with Gasteiger partial charge in [0.05, 0.1) is 12.4 Å². The molecular formula is C23H24ClN7O. The third-order valence-corrected chi connectivity index (χ3v) is 5.30. The Hall–Kier alpha value is -3.49. The molecule has 32 heavy (non-hydrogen) atoms. The molecule has 0 saturated heterocycles. The number of anilines is 1. The summed E-state index contributed by atoms with van der Waals surface area (Å²) in [6.45, 7) is 0.613. The van der Waals surface area contributed by atoms with Crippen LogP contribution in [0.4, 0.5) is 5.82 Å². The first-order valence-electron chi connectivity index (χ1n) is 10.2. The predicted molar refractivity (Wildman–Crippen MR) is 124 cm³/mol. The minimum absolute atomic E-state index is 0.198. The Kier molecular flexibility index (Phi) is 6.63. The second-order valence-corrected chi connectivity index (χ2v) is 7.97. The molecule has 1 atom stereocenters. The zero-order chi connectivity index (χ0) is 22.5. The average Bonchev–Trinajstić information content (AvgIpc) is 3.41. The molecule has 0 fully saturated rings. The van der Waals surface area contributed by atoms with Crippen molar-refractivity contribution < 1.29 is 4.79 Å². The molecule has 3 aromatic heterocycles. The van der Waals surface area contributed by atoms with E-state index in [1.807, 2.05) is 56.8 Å². The number of carbonyl (C=O) groups excluding carboxylic acids is 1. The topological polar surface area (TPSA) is 89.7 Å². The van der Waals surface area contributed by atoms with Crippen LogP contribution in [0.5, 0.6) is 0 Å². The lowest BCUT2D eigenvalue weighted by Crippen LogP contribution is -2.34. The van der Waals surface area contributed by atoms with Crippen molar-refractivity contribution in [3.05, 3.63) is 83.5 Å². The van der Waals surface area contributed by atoms with Gasteiger partial charge >= 0.3 is 0 Å². The number of rotatable bonds is 8. The molecule has 0 unspecified atom stereocenters. The Bertz CT molecular complexity index is 1180. The van der Waals surface area contributed by atoms with Crippen molar-refractivity contribution in [1.82, 2.24) is 29.9 Å². The van der Waals surface area contributed by atoms with Crippen LogP contribution < -0.4 is 10.6 Å². The third kappa shape index (κ3) is 5.40. The van der Waals surface area contributed by atoms with E-state index in [0.29, 0.717) is 17.4 Å². The standard InChI is InChI=1S/C23H24ClN7O/c1-30-14-18(12-27-30)17-5-8-21(26-11-17)29-23(32)22(19-13-28-31(2)15-19)25-10-9-16-3-6-20(24)7-4-16/h3-8,11-15,22,25H,9-10H2,1-2H3,(H,26,29,32)/t22-/m0/s1. The van der Waals surface area contributed by atoms with Crippen molar-refractivity contribution in [2.45, 2.75) is 12.5 Å². The van der Waals surface area contributed by atoms with Gasteiger partial charge in [0.15, 0.2) is 0 Å². The quantitative estimate of drug-likeness (QED) is 0.430. The minimum atomic E-state index is -0.559. The number of aromatic nitrogens is 5. The van der Waals surface area contributed by atoms with Gasteiger partial charge in [-0.25, -0.2) is 4.98 Å². The van der Waals surface area contributed by atoms with Gasteiger partial charge in [0.25, 0.3) is 0 Å². The number of amides is 1. The van der Waals surface area contributed by atoms with Crippen LogP contribution in [0.1, 0.15) is 17.2 Å². The second kappa shape index (κ2) is 9.76. The molecule has 0 aliphatic heterocycles. The molecule has 9 heteroatoms. The maximum atomic E-state index is 13.1. The Balaban J connectivity index is 1.43. The number of carbonyl (C=O) groups is 1. The van der Waals surface area contributed by atoms with Gasteiger partial charge < -0.3 is 10.6 Å². The largest absolute Gasteiger partial charge is 0.309 e. The lowest BCUT2D eigenvalue weighted by atomic mass is 10.1. The van der Waals surface area contributed by atoms with Gasteiger partial charge in [0, 0.05) is 60.9 Å². The van der Waals surface area contributed by atoms with E-state index in [2.05, 4.69) is 25.8 Å². The number of hydrogen-bond donors (Lipinski definition) is 2. The first kappa shape index (κ1) is 21.7. The van der Waals surface area contributed by atoms with E-state index in [4.69, 9.17) is 11.6 Å². The minimum Gasteiger partial charge on any atom is -0.309 e. The normalized spacial score (nSPS) is 12.0. The summed E-state index contributed by atoms with van der Waals surface area (Å²) in [5, 5.41) is 15.3. The van der Waals surface area contributed by atoms with Crippen LogP contribution in [0.25, 0.3) is 11.1 Å². The molecule has 4 aromatic rings. The lowest BCUT2D eigenvalue weighted by molar-refractivity contribution is -0.118. The summed E-state index contributed by atoms with van der Waals surface area (Å²) in [5.41, 5.74) is 3.82. The van der Waals surface area contributed by atoms with Crippen molar-refractivity contribution >= 4 is 23.3 Å². The second-order valence-electron chi connectivity index (χ2n) is 7.53. The molecule has 4 rings (SSSR count). The third-order valence-electron chi connectivity index (χ3n) is 5.05. The smallest absolute Gasteiger partial charge is 0.247 e. The number of nitrogens with one attached hydrogen (secondary N) is 2. The van der Waals surface area contributed by atoms with Gasteiger partial charge in [-0.15, -0.1) is 0 Å². The highest BCUT2D eigenvalue weighted by molar-refractivity contribution is 6.30. The predicted octanol–water partition coefficient (Wildman–Crippen LogP) is 3.38. The van der Waals surface area contributed by atoms with E-state index in [0.717, 1.165) is 28.7 Å². The molecular weight excluding hydrogens is 426 g/mol. The SMILES string of the molecule is Cn1cc(-c2ccc(NC(=O)[C@@H](NCCc3ccc(Cl)cc3)c3cnn(C)c3)nc2)cn1. The number of aryl methyl sites for hydroxylation is 2. The van der Waals surface area contributed by atoms with Crippen LogP contribution in [-0.4, -0.2) is 37.0 Å². The zero-order valence-electron chi connectivity index (χ0n) is 17.9. The molecule has 0 radical (unpaired) electrons. The number of nitrogens with zero attached hydrogens (tertiary/aromatic N) is 5.